The lowest BCUT2D eigenvalue weighted by atomic mass is 10.1. The Kier molecular flexibility index (Phi) is 36.5. The smallest absolute Gasteiger partial charge is 0.374 e. The zero-order chi connectivity index (χ0) is 80.1. The summed E-state index contributed by atoms with van der Waals surface area (Å²) in [6.07, 6.45) is -10.6. The van der Waals surface area contributed by atoms with Crippen molar-refractivity contribution in [2.45, 2.75) is 185 Å². The molecule has 0 radical (unpaired) electrons. The minimum atomic E-state index is -4.84. The molecule has 0 saturated carbocycles. The molecule has 0 spiro atoms. The van der Waals surface area contributed by atoms with Crippen molar-refractivity contribution in [3.63, 3.8) is 0 Å². The van der Waals surface area contributed by atoms with Gasteiger partial charge < -0.3 is 66.1 Å². The summed E-state index contributed by atoms with van der Waals surface area (Å²) in [5.41, 5.74) is 15.7. The number of hydrogen-bond donors (Lipinski definition) is 0. The van der Waals surface area contributed by atoms with E-state index in [-0.39, 0.29) is 72.7 Å². The molecule has 10 unspecified atom stereocenters. The summed E-state index contributed by atoms with van der Waals surface area (Å²) < 4.78 is 152. The van der Waals surface area contributed by atoms with Crippen molar-refractivity contribution in [2.24, 2.45) is 5.11 Å². The van der Waals surface area contributed by atoms with Gasteiger partial charge in [-0.3, -0.25) is 22.7 Å². The zero-order valence-corrected chi connectivity index (χ0v) is 68.0. The summed E-state index contributed by atoms with van der Waals surface area (Å²) in [6, 6.07) is 82.5. The molecule has 2 saturated heterocycles. The van der Waals surface area contributed by atoms with Crippen LogP contribution in [0.1, 0.15) is 90.5 Å². The van der Waals surface area contributed by atoms with Crippen molar-refractivity contribution in [1.29, 1.82) is 0 Å². The van der Waals surface area contributed by atoms with Gasteiger partial charge in [-0.05, 0) is 92.6 Å². The molecule has 9 aromatic carbocycles. The van der Waals surface area contributed by atoms with E-state index in [1.807, 2.05) is 238 Å². The average Bonchev–Trinajstić information content (AvgIpc) is 1.63. The molecule has 2 fully saturated rings. The molecule has 25 heteroatoms. The number of phosphoric ester groups is 1. The second-order valence-corrected chi connectivity index (χ2v) is 31.9. The number of methoxy groups -OCH3 is 2. The SMILES string of the molecule is CC[C@H]1O[C@@H](OCC(OCc2ccccc2)C(OCc2ccccc2)C(COP(=O)(OCc2ccccc2)OC2[C@@H](CC)O[C@@H](OCC(OCc3ccccc3)C(OCc3ccccc3)C(COCc3ccc4ccccc4c3)OCc3ccccc3)[C@H]2OC)OCc2ccccc2)[C@@H](OC)C1OP(C)(=O)OCCCCCN=[N+]=[N-]. The molecule has 2 heterocycles. The zero-order valence-electron chi connectivity index (χ0n) is 66.2. The molecule has 0 aromatic heterocycles. The van der Waals surface area contributed by atoms with Crippen LogP contribution < -0.4 is 0 Å². The minimum Gasteiger partial charge on any atom is -0.374 e. The molecule has 16 atom stereocenters. The van der Waals surface area contributed by atoms with E-state index >= 15 is 4.57 Å². The maximum atomic E-state index is 16.4. The van der Waals surface area contributed by atoms with Crippen LogP contribution in [0, 0.1) is 0 Å². The van der Waals surface area contributed by atoms with E-state index in [4.69, 9.17) is 89.7 Å². The fraction of sp³-hybridized carbons (Fsp3) is 0.422. The largest absolute Gasteiger partial charge is 0.475 e. The van der Waals surface area contributed by atoms with Crippen molar-refractivity contribution >= 4 is 26.2 Å². The molecular weight excluding hydrogens is 1500 g/mol. The van der Waals surface area contributed by atoms with E-state index in [2.05, 4.69) is 40.4 Å². The van der Waals surface area contributed by atoms with Gasteiger partial charge in [-0.1, -0.05) is 274 Å². The highest BCUT2D eigenvalue weighted by Gasteiger charge is 2.52. The van der Waals surface area contributed by atoms with Crippen LogP contribution in [0.4, 0.5) is 0 Å². The number of azide groups is 1. The maximum Gasteiger partial charge on any atom is 0.475 e. The Hall–Kier alpha value is -7.71. The van der Waals surface area contributed by atoms with Crippen LogP contribution in [0.25, 0.3) is 21.2 Å². The summed E-state index contributed by atoms with van der Waals surface area (Å²) in [4.78, 5) is 2.82. The number of hydrogen-bond acceptors (Lipinski definition) is 21. The maximum absolute atomic E-state index is 16.4. The summed E-state index contributed by atoms with van der Waals surface area (Å²) in [7, 11) is -5.51. The second-order valence-electron chi connectivity index (χ2n) is 28.3. The third-order valence-corrected chi connectivity index (χ3v) is 22.5. The monoisotopic (exact) mass is 1610 g/mol. The normalized spacial score (nSPS) is 20.8. The minimum absolute atomic E-state index is 0.0392. The van der Waals surface area contributed by atoms with Gasteiger partial charge in [-0.25, -0.2) is 4.57 Å². The number of nitrogens with zero attached hydrogens (tertiary/aromatic N) is 3. The van der Waals surface area contributed by atoms with Crippen molar-refractivity contribution in [2.75, 3.05) is 60.5 Å². The van der Waals surface area contributed by atoms with Gasteiger partial charge in [0.15, 0.2) is 12.6 Å². The molecule has 115 heavy (non-hydrogen) atoms. The third-order valence-electron chi connectivity index (χ3n) is 19.8. The molecule has 11 rings (SSSR count). The molecule has 0 aliphatic carbocycles. The van der Waals surface area contributed by atoms with Crippen LogP contribution in [0.2, 0.25) is 0 Å². The first-order chi connectivity index (χ1) is 56.4. The summed E-state index contributed by atoms with van der Waals surface area (Å²) >= 11 is 0. The lowest BCUT2D eigenvalue weighted by Crippen LogP contribution is -2.48. The Morgan fingerprint density at radius 1 is 0.391 bits per heavy atom. The van der Waals surface area contributed by atoms with Gasteiger partial charge in [0.25, 0.3) is 0 Å². The molecule has 9 aromatic rings. The van der Waals surface area contributed by atoms with E-state index < -0.39 is 108 Å². The van der Waals surface area contributed by atoms with E-state index in [1.165, 1.54) is 20.9 Å². The topological polar surface area (TPSA) is 249 Å². The van der Waals surface area contributed by atoms with Crippen LogP contribution in [-0.2, 0) is 146 Å². The second kappa shape index (κ2) is 47.6. The number of unbranched alkanes of at least 4 members (excludes halogenated alkanes) is 2. The first-order valence-corrected chi connectivity index (χ1v) is 42.9. The summed E-state index contributed by atoms with van der Waals surface area (Å²) in [5.74, 6) is 0. The highest BCUT2D eigenvalue weighted by molar-refractivity contribution is 7.53. The lowest BCUT2D eigenvalue weighted by Gasteiger charge is -2.35. The van der Waals surface area contributed by atoms with Crippen LogP contribution in [-0.4, -0.2) is 146 Å². The van der Waals surface area contributed by atoms with Crippen molar-refractivity contribution < 1.29 is 93.3 Å². The predicted molar refractivity (Wildman–Crippen MR) is 437 cm³/mol. The molecule has 23 nitrogen and oxygen atoms in total. The van der Waals surface area contributed by atoms with Gasteiger partial charge in [0.2, 0.25) is 0 Å². The number of phosphoric acid groups is 1. The van der Waals surface area contributed by atoms with Gasteiger partial charge in [0.1, 0.15) is 61.0 Å². The average molecular weight is 1610 g/mol. The Bertz CT molecular complexity index is 4350. The quantitative estimate of drug-likeness (QED) is 0.0113. The van der Waals surface area contributed by atoms with Crippen LogP contribution in [0.3, 0.4) is 0 Å². The molecular formula is C90H109N3O20P2. The predicted octanol–water partition coefficient (Wildman–Crippen LogP) is 18.6. The number of ether oxygens (including phenoxy) is 13. The third kappa shape index (κ3) is 28.3. The number of fused-ring (bicyclic) bond motifs is 1. The molecule has 0 N–H and O–H groups in total. The van der Waals surface area contributed by atoms with Gasteiger partial charge in [0.05, 0.1) is 98.1 Å². The Morgan fingerprint density at radius 3 is 1.19 bits per heavy atom. The van der Waals surface area contributed by atoms with Gasteiger partial charge in [-0.2, -0.15) is 0 Å². The number of benzene rings is 9. The highest BCUT2D eigenvalue weighted by atomic mass is 31.2. The van der Waals surface area contributed by atoms with Crippen LogP contribution >= 0.6 is 15.4 Å². The standard InChI is InChI=1S/C90H109N3O20P2/c1-6-77-85(112-114(5,94)107-53-33-15-32-52-92-93-91)87(96-3)89(110-77)105-65-81(101-58-69-38-20-10-21-39-69)84(104-61-72-44-26-13-27-45-72)82(102-59-70-40-22-11-23-41-70)66-109-115(95,108-62-73-46-28-14-29-47-73)113-86-78(7-2)111-90(88(86)97-4)106-64-80(100-57-68-36-18-9-19-37-68)83(103-60-71-42-24-12-25-43-71)79(99-56-67-34-16-8-17-35-67)63-98-55-74-50-51-75-48-30-31-49-76(75)54-74/h8-14,16-31,34-51,54,77-90H,6-7,15,32-33,52-53,55-66H2,1-5H3/t77-,78-,79?,80?,81?,82?,83?,84?,85?,86?,87+,88+,89-,90-,114?,115?/m1/s1. The van der Waals surface area contributed by atoms with Crippen molar-refractivity contribution in [3.05, 3.63) is 310 Å². The highest BCUT2D eigenvalue weighted by Crippen LogP contribution is 2.54. The van der Waals surface area contributed by atoms with Crippen molar-refractivity contribution in [1.82, 2.24) is 0 Å². The Labute approximate surface area is 676 Å². The number of rotatable bonds is 53. The van der Waals surface area contributed by atoms with Crippen molar-refractivity contribution in [3.8, 4) is 0 Å². The summed E-state index contributed by atoms with van der Waals surface area (Å²) in [6.45, 7) is 6.00. The first kappa shape index (κ1) is 88.1. The Balaban J connectivity index is 0.891. The van der Waals surface area contributed by atoms with Gasteiger partial charge in [0, 0.05) is 32.3 Å². The fourth-order valence-electron chi connectivity index (χ4n) is 13.7. The molecule has 2 aliphatic heterocycles. The lowest BCUT2D eigenvalue weighted by molar-refractivity contribution is -0.219. The summed E-state index contributed by atoms with van der Waals surface area (Å²) in [5, 5.41) is 5.84. The van der Waals surface area contributed by atoms with E-state index in [0.717, 1.165) is 49.7 Å². The first-order valence-electron chi connectivity index (χ1n) is 39.5. The van der Waals surface area contributed by atoms with Crippen LogP contribution in [0.5, 0.6) is 0 Å². The molecule has 614 valence electrons. The molecule has 2 aliphatic rings. The van der Waals surface area contributed by atoms with E-state index in [0.29, 0.717) is 50.8 Å². The molecule has 0 bridgehead atoms. The van der Waals surface area contributed by atoms with Gasteiger partial charge >= 0.3 is 15.4 Å². The fourth-order valence-corrected chi connectivity index (χ4v) is 16.3. The van der Waals surface area contributed by atoms with Crippen LogP contribution in [0.15, 0.2) is 260 Å². The van der Waals surface area contributed by atoms with Gasteiger partial charge in [-0.15, -0.1) is 0 Å². The molecule has 0 amide bonds. The Morgan fingerprint density at radius 2 is 0.774 bits per heavy atom. The van der Waals surface area contributed by atoms with E-state index in [9.17, 15) is 4.57 Å². The van der Waals surface area contributed by atoms with E-state index in [1.54, 1.807) is 0 Å².